The lowest BCUT2D eigenvalue weighted by molar-refractivity contribution is 0.419. The van der Waals surface area contributed by atoms with E-state index in [1.807, 2.05) is 35.2 Å². The summed E-state index contributed by atoms with van der Waals surface area (Å²) in [7, 11) is 0. The molecule has 4 nitrogen and oxygen atoms in total. The van der Waals surface area contributed by atoms with Gasteiger partial charge in [-0.3, -0.25) is 0 Å². The van der Waals surface area contributed by atoms with Gasteiger partial charge in [0.25, 0.3) is 0 Å². The van der Waals surface area contributed by atoms with E-state index >= 15 is 0 Å². The van der Waals surface area contributed by atoms with Crippen LogP contribution in [0.5, 0.6) is 0 Å². The summed E-state index contributed by atoms with van der Waals surface area (Å²) in [6.07, 6.45) is 1.00. The van der Waals surface area contributed by atoms with Gasteiger partial charge >= 0.3 is 0 Å². The number of fused-ring (bicyclic) bond motifs is 1. The van der Waals surface area contributed by atoms with Crippen LogP contribution in [0.4, 0.5) is 0 Å². The molecule has 2 aliphatic heterocycles. The van der Waals surface area contributed by atoms with E-state index in [1.165, 1.54) is 0 Å². The summed E-state index contributed by atoms with van der Waals surface area (Å²) in [4.78, 5) is 1.92. The van der Waals surface area contributed by atoms with Crippen molar-refractivity contribution in [2.75, 3.05) is 12.3 Å². The summed E-state index contributed by atoms with van der Waals surface area (Å²) >= 11 is 1.65. The van der Waals surface area contributed by atoms with E-state index in [0.717, 1.165) is 29.3 Å². The first kappa shape index (κ1) is 13.6. The summed E-state index contributed by atoms with van der Waals surface area (Å²) in [5.41, 5.74) is 8.26. The number of allylic oxidation sites excluding steroid dienone is 2. The van der Waals surface area contributed by atoms with Crippen LogP contribution in [0.25, 0.3) is 0 Å². The molecule has 21 heavy (non-hydrogen) atoms. The Morgan fingerprint density at radius 2 is 1.86 bits per heavy atom. The van der Waals surface area contributed by atoms with Gasteiger partial charge in [-0.1, -0.05) is 30.3 Å². The molecule has 1 atom stereocenters. The zero-order valence-electron chi connectivity index (χ0n) is 11.4. The van der Waals surface area contributed by atoms with Gasteiger partial charge in [-0.2, -0.15) is 10.5 Å². The zero-order valence-corrected chi connectivity index (χ0v) is 12.2. The highest BCUT2D eigenvalue weighted by Crippen LogP contribution is 2.45. The molecule has 0 aromatic heterocycles. The molecule has 104 valence electrons. The van der Waals surface area contributed by atoms with Gasteiger partial charge < -0.3 is 10.6 Å². The Morgan fingerprint density at radius 1 is 1.14 bits per heavy atom. The van der Waals surface area contributed by atoms with Gasteiger partial charge in [-0.05, 0) is 12.0 Å². The Balaban J connectivity index is 2.20. The Bertz CT molecular complexity index is 706. The van der Waals surface area contributed by atoms with Gasteiger partial charge in [-0.25, -0.2) is 0 Å². The van der Waals surface area contributed by atoms with Crippen LogP contribution in [-0.4, -0.2) is 17.2 Å². The van der Waals surface area contributed by atoms with Crippen LogP contribution in [0.2, 0.25) is 0 Å². The Morgan fingerprint density at radius 3 is 2.52 bits per heavy atom. The van der Waals surface area contributed by atoms with Gasteiger partial charge in [0.1, 0.15) is 5.82 Å². The van der Waals surface area contributed by atoms with Crippen molar-refractivity contribution in [2.24, 2.45) is 5.73 Å². The molecule has 0 spiro atoms. The summed E-state index contributed by atoms with van der Waals surface area (Å²) < 4.78 is 0. The first-order chi connectivity index (χ1) is 10.3. The smallest absolute Gasteiger partial charge is 0.119 e. The normalized spacial score (nSPS) is 21.6. The van der Waals surface area contributed by atoms with Crippen molar-refractivity contribution >= 4 is 11.8 Å². The lowest BCUT2D eigenvalue weighted by atomic mass is 9.83. The molecule has 2 aliphatic rings. The fourth-order valence-corrected chi connectivity index (χ4v) is 3.93. The molecule has 1 aromatic carbocycles. The molecule has 0 amide bonds. The number of nitrogens with zero attached hydrogens (tertiary/aromatic N) is 3. The van der Waals surface area contributed by atoms with E-state index in [9.17, 15) is 10.5 Å². The highest BCUT2D eigenvalue weighted by molar-refractivity contribution is 8.03. The summed E-state index contributed by atoms with van der Waals surface area (Å²) in [5.74, 6) is 1.12. The third kappa shape index (κ3) is 2.16. The van der Waals surface area contributed by atoms with Crippen LogP contribution in [0, 0.1) is 22.7 Å². The predicted octanol–water partition coefficient (Wildman–Crippen LogP) is 2.65. The number of hydrogen-bond acceptors (Lipinski definition) is 5. The average molecular weight is 294 g/mol. The largest absolute Gasteiger partial charge is 0.384 e. The van der Waals surface area contributed by atoms with E-state index in [-0.39, 0.29) is 5.92 Å². The van der Waals surface area contributed by atoms with Crippen molar-refractivity contribution in [1.82, 2.24) is 4.90 Å². The second-order valence-corrected chi connectivity index (χ2v) is 6.02. The maximum Gasteiger partial charge on any atom is 0.119 e. The van der Waals surface area contributed by atoms with Crippen LogP contribution in [0.15, 0.2) is 52.3 Å². The van der Waals surface area contributed by atoms with E-state index in [0.29, 0.717) is 17.0 Å². The highest BCUT2D eigenvalue weighted by atomic mass is 32.2. The minimum atomic E-state index is -0.349. The first-order valence-electron chi connectivity index (χ1n) is 6.77. The molecular formula is C16H14N4S. The van der Waals surface area contributed by atoms with Gasteiger partial charge in [0.15, 0.2) is 0 Å². The van der Waals surface area contributed by atoms with Crippen LogP contribution in [0.3, 0.4) is 0 Å². The van der Waals surface area contributed by atoms with Gasteiger partial charge in [0, 0.05) is 12.3 Å². The third-order valence-corrected chi connectivity index (χ3v) is 4.96. The van der Waals surface area contributed by atoms with Gasteiger partial charge in [0.05, 0.1) is 34.2 Å². The maximum atomic E-state index is 9.64. The Kier molecular flexibility index (Phi) is 3.60. The fraction of sp³-hybridized carbons (Fsp3) is 0.250. The summed E-state index contributed by atoms with van der Waals surface area (Å²) in [6.45, 7) is 0.770. The Hall–Kier alpha value is -2.37. The fourth-order valence-electron chi connectivity index (χ4n) is 2.80. The number of thioether (sulfide) groups is 1. The molecule has 0 aliphatic carbocycles. The molecule has 2 heterocycles. The van der Waals surface area contributed by atoms with Crippen LogP contribution in [-0.2, 0) is 0 Å². The molecule has 1 fully saturated rings. The monoisotopic (exact) mass is 294 g/mol. The van der Waals surface area contributed by atoms with E-state index in [4.69, 9.17) is 5.73 Å². The lowest BCUT2D eigenvalue weighted by Crippen LogP contribution is -2.37. The van der Waals surface area contributed by atoms with Crippen molar-refractivity contribution in [1.29, 1.82) is 10.5 Å². The van der Waals surface area contributed by atoms with Crippen LogP contribution in [0.1, 0.15) is 17.9 Å². The summed E-state index contributed by atoms with van der Waals surface area (Å²) in [6, 6.07) is 14.2. The van der Waals surface area contributed by atoms with Crippen LogP contribution < -0.4 is 5.73 Å². The van der Waals surface area contributed by atoms with Gasteiger partial charge in [-0.15, -0.1) is 11.8 Å². The van der Waals surface area contributed by atoms with E-state index < -0.39 is 0 Å². The van der Waals surface area contributed by atoms with Crippen molar-refractivity contribution in [3.05, 3.63) is 57.9 Å². The number of benzene rings is 1. The Labute approximate surface area is 128 Å². The molecule has 5 heteroatoms. The third-order valence-electron chi connectivity index (χ3n) is 3.76. The maximum absolute atomic E-state index is 9.64. The minimum absolute atomic E-state index is 0.349. The van der Waals surface area contributed by atoms with E-state index in [2.05, 4.69) is 12.1 Å². The van der Waals surface area contributed by atoms with Crippen molar-refractivity contribution < 1.29 is 0 Å². The number of nitrogens with two attached hydrogens (primary N) is 1. The van der Waals surface area contributed by atoms with E-state index in [1.54, 1.807) is 11.8 Å². The molecule has 0 saturated carbocycles. The quantitative estimate of drug-likeness (QED) is 0.861. The average Bonchev–Trinajstić information content (AvgIpc) is 2.55. The highest BCUT2D eigenvalue weighted by Gasteiger charge is 2.36. The molecule has 3 rings (SSSR count). The van der Waals surface area contributed by atoms with Crippen LogP contribution >= 0.6 is 11.8 Å². The molecule has 2 N–H and O–H groups in total. The van der Waals surface area contributed by atoms with Crippen molar-refractivity contribution in [3.8, 4) is 12.1 Å². The molecule has 1 aromatic rings. The SMILES string of the molecule is N#CC1=C(N)N2CCCSC2=C(C#N)[C@H]1c1ccccc1. The number of hydrogen-bond donors (Lipinski definition) is 1. The van der Waals surface area contributed by atoms with Crippen molar-refractivity contribution in [2.45, 2.75) is 12.3 Å². The molecule has 1 saturated heterocycles. The number of rotatable bonds is 1. The molecule has 0 bridgehead atoms. The predicted molar refractivity (Wildman–Crippen MR) is 82.4 cm³/mol. The standard InChI is InChI=1S/C16H14N4S/c17-9-12-14(11-5-2-1-3-6-11)13(10-18)16-20(15(12)19)7-4-8-21-16/h1-3,5-6,14H,4,7-8,19H2/t14-/m0/s1. The van der Waals surface area contributed by atoms with Crippen molar-refractivity contribution in [3.63, 3.8) is 0 Å². The second kappa shape index (κ2) is 5.55. The summed E-state index contributed by atoms with van der Waals surface area (Å²) in [5, 5.41) is 20.1. The molecule has 0 unspecified atom stereocenters. The first-order valence-corrected chi connectivity index (χ1v) is 7.75. The molecular weight excluding hydrogens is 280 g/mol. The molecule has 0 radical (unpaired) electrons. The number of nitriles is 2. The topological polar surface area (TPSA) is 76.8 Å². The minimum Gasteiger partial charge on any atom is -0.384 e. The zero-order chi connectivity index (χ0) is 14.8. The second-order valence-electron chi connectivity index (χ2n) is 4.94. The lowest BCUT2D eigenvalue weighted by Gasteiger charge is -2.38. The van der Waals surface area contributed by atoms with Gasteiger partial charge in [0.2, 0.25) is 0 Å².